The summed E-state index contributed by atoms with van der Waals surface area (Å²) in [7, 11) is 0. The zero-order valence-electron chi connectivity index (χ0n) is 11.7. The van der Waals surface area contributed by atoms with Crippen LogP contribution in [0.1, 0.15) is 46.5 Å². The molecule has 0 aliphatic heterocycles. The molecule has 0 spiro atoms. The minimum atomic E-state index is -0.840. The Balaban J connectivity index is 1.89. The van der Waals surface area contributed by atoms with Crippen molar-refractivity contribution in [1.29, 1.82) is 0 Å². The number of ether oxygens (including phenoxy) is 1. The van der Waals surface area contributed by atoms with E-state index in [0.717, 1.165) is 12.8 Å². The zero-order chi connectivity index (χ0) is 14.3. The summed E-state index contributed by atoms with van der Waals surface area (Å²) in [6.45, 7) is 5.27. The van der Waals surface area contributed by atoms with Crippen LogP contribution < -0.4 is 10.6 Å². The summed E-state index contributed by atoms with van der Waals surface area (Å²) in [4.78, 5) is 23.9. The molecule has 19 heavy (non-hydrogen) atoms. The maximum absolute atomic E-state index is 12.2. The maximum Gasteiger partial charge on any atom is 0.408 e. The Morgan fingerprint density at radius 2 is 1.74 bits per heavy atom. The summed E-state index contributed by atoms with van der Waals surface area (Å²) in [6, 6.07) is 0. The van der Waals surface area contributed by atoms with E-state index in [2.05, 4.69) is 10.6 Å². The average molecular weight is 270 g/mol. The second-order valence-electron chi connectivity index (χ2n) is 6.60. The highest BCUT2D eigenvalue weighted by atomic mass is 16.6. The summed E-state index contributed by atoms with van der Waals surface area (Å²) in [5.74, 6) is -0.218. The SMILES string of the molecule is CC(C)(C)OC(=O)NC1(C(=O)NC2(CO)CC2)CC1. The van der Waals surface area contributed by atoms with Crippen molar-refractivity contribution < 1.29 is 19.4 Å². The van der Waals surface area contributed by atoms with E-state index < -0.39 is 22.8 Å². The third-order valence-corrected chi connectivity index (χ3v) is 3.46. The van der Waals surface area contributed by atoms with E-state index in [0.29, 0.717) is 12.8 Å². The van der Waals surface area contributed by atoms with Gasteiger partial charge >= 0.3 is 6.09 Å². The van der Waals surface area contributed by atoms with Gasteiger partial charge in [-0.2, -0.15) is 0 Å². The Kier molecular flexibility index (Phi) is 3.24. The molecule has 0 unspecified atom stereocenters. The molecule has 6 nitrogen and oxygen atoms in total. The molecule has 2 aliphatic rings. The molecule has 0 aromatic rings. The number of nitrogens with one attached hydrogen (secondary N) is 2. The van der Waals surface area contributed by atoms with Gasteiger partial charge in [-0.15, -0.1) is 0 Å². The lowest BCUT2D eigenvalue weighted by molar-refractivity contribution is -0.125. The van der Waals surface area contributed by atoms with Gasteiger partial charge in [0.05, 0.1) is 12.1 Å². The number of aliphatic hydroxyl groups is 1. The molecule has 6 heteroatoms. The number of carbonyl (C=O) groups is 2. The van der Waals surface area contributed by atoms with Gasteiger partial charge in [0.25, 0.3) is 0 Å². The van der Waals surface area contributed by atoms with E-state index in [9.17, 15) is 14.7 Å². The molecule has 2 rings (SSSR count). The van der Waals surface area contributed by atoms with E-state index in [1.807, 2.05) is 0 Å². The van der Waals surface area contributed by atoms with Crippen molar-refractivity contribution in [1.82, 2.24) is 10.6 Å². The number of hydrogen-bond acceptors (Lipinski definition) is 4. The molecule has 2 fully saturated rings. The predicted octanol–water partition coefficient (Wildman–Crippen LogP) is 0.685. The fourth-order valence-corrected chi connectivity index (χ4v) is 1.87. The van der Waals surface area contributed by atoms with Gasteiger partial charge in [0.2, 0.25) is 5.91 Å². The smallest absolute Gasteiger partial charge is 0.408 e. The van der Waals surface area contributed by atoms with Crippen LogP contribution in [-0.2, 0) is 9.53 Å². The maximum atomic E-state index is 12.2. The van der Waals surface area contributed by atoms with Gasteiger partial charge in [-0.3, -0.25) is 4.79 Å². The number of aliphatic hydroxyl groups excluding tert-OH is 1. The Labute approximate surface area is 112 Å². The summed E-state index contributed by atoms with van der Waals surface area (Å²) >= 11 is 0. The van der Waals surface area contributed by atoms with Crippen LogP contribution in [0.25, 0.3) is 0 Å². The van der Waals surface area contributed by atoms with Crippen LogP contribution >= 0.6 is 0 Å². The van der Waals surface area contributed by atoms with Gasteiger partial charge in [0, 0.05) is 0 Å². The molecule has 0 aromatic carbocycles. The first kappa shape index (κ1) is 14.1. The number of amides is 2. The highest BCUT2D eigenvalue weighted by Crippen LogP contribution is 2.40. The molecular formula is C13H22N2O4. The van der Waals surface area contributed by atoms with Crippen LogP contribution in [0.4, 0.5) is 4.79 Å². The fraction of sp³-hybridized carbons (Fsp3) is 0.846. The fourth-order valence-electron chi connectivity index (χ4n) is 1.87. The first-order valence-electron chi connectivity index (χ1n) is 6.65. The largest absolute Gasteiger partial charge is 0.444 e. The lowest BCUT2D eigenvalue weighted by atomic mass is 10.2. The highest BCUT2D eigenvalue weighted by Gasteiger charge is 2.55. The normalized spacial score (nSPS) is 22.3. The molecule has 0 heterocycles. The lowest BCUT2D eigenvalue weighted by Crippen LogP contribution is -2.54. The molecule has 0 radical (unpaired) electrons. The van der Waals surface area contributed by atoms with Gasteiger partial charge in [-0.25, -0.2) is 4.79 Å². The first-order valence-corrected chi connectivity index (χ1v) is 6.65. The van der Waals surface area contributed by atoms with Crippen LogP contribution in [0.2, 0.25) is 0 Å². The van der Waals surface area contributed by atoms with E-state index in [1.165, 1.54) is 0 Å². The third-order valence-electron chi connectivity index (χ3n) is 3.46. The molecule has 0 atom stereocenters. The van der Waals surface area contributed by atoms with Crippen LogP contribution in [0.5, 0.6) is 0 Å². The van der Waals surface area contributed by atoms with E-state index in [-0.39, 0.29) is 12.5 Å². The Hall–Kier alpha value is -1.30. The number of alkyl carbamates (subject to hydrolysis) is 1. The Morgan fingerprint density at radius 3 is 2.11 bits per heavy atom. The highest BCUT2D eigenvalue weighted by molar-refractivity contribution is 5.93. The number of hydrogen-bond donors (Lipinski definition) is 3. The molecule has 3 N–H and O–H groups in total. The second-order valence-corrected chi connectivity index (χ2v) is 6.60. The van der Waals surface area contributed by atoms with Crippen molar-refractivity contribution in [2.24, 2.45) is 0 Å². The van der Waals surface area contributed by atoms with Gasteiger partial charge < -0.3 is 20.5 Å². The van der Waals surface area contributed by atoms with Gasteiger partial charge in [0.15, 0.2) is 0 Å². The minimum absolute atomic E-state index is 0.0543. The minimum Gasteiger partial charge on any atom is -0.444 e. The van der Waals surface area contributed by atoms with Crippen LogP contribution in [-0.4, -0.2) is 40.4 Å². The number of carbonyl (C=O) groups excluding carboxylic acids is 2. The van der Waals surface area contributed by atoms with Crippen LogP contribution in [0.3, 0.4) is 0 Å². The third kappa shape index (κ3) is 3.37. The predicted molar refractivity (Wildman–Crippen MR) is 68.5 cm³/mol. The van der Waals surface area contributed by atoms with Crippen molar-refractivity contribution in [2.75, 3.05) is 6.61 Å². The Bertz CT molecular complexity index is 392. The van der Waals surface area contributed by atoms with E-state index in [1.54, 1.807) is 20.8 Å². The molecule has 2 aliphatic carbocycles. The first-order chi connectivity index (χ1) is 8.70. The van der Waals surface area contributed by atoms with Crippen molar-refractivity contribution >= 4 is 12.0 Å². The molecule has 0 bridgehead atoms. The lowest BCUT2D eigenvalue weighted by Gasteiger charge is -2.24. The van der Waals surface area contributed by atoms with Crippen molar-refractivity contribution in [3.05, 3.63) is 0 Å². The van der Waals surface area contributed by atoms with Crippen LogP contribution in [0, 0.1) is 0 Å². The summed E-state index contributed by atoms with van der Waals surface area (Å²) in [5, 5.41) is 14.7. The zero-order valence-corrected chi connectivity index (χ0v) is 11.7. The van der Waals surface area contributed by atoms with Gasteiger partial charge in [0.1, 0.15) is 11.1 Å². The molecule has 2 amide bonds. The average Bonchev–Trinajstić information content (AvgIpc) is 3.12. The monoisotopic (exact) mass is 270 g/mol. The standard InChI is InChI=1S/C13H22N2O4/c1-11(2,3)19-10(18)15-13(6-7-13)9(17)14-12(8-16)4-5-12/h16H,4-8H2,1-3H3,(H,14,17)(H,15,18). The molecule has 0 aromatic heterocycles. The Morgan fingerprint density at radius 1 is 1.16 bits per heavy atom. The van der Waals surface area contributed by atoms with Crippen molar-refractivity contribution in [3.63, 3.8) is 0 Å². The summed E-state index contributed by atoms with van der Waals surface area (Å²) < 4.78 is 5.16. The molecule has 108 valence electrons. The summed E-state index contributed by atoms with van der Waals surface area (Å²) in [5.41, 5.74) is -1.88. The van der Waals surface area contributed by atoms with Crippen LogP contribution in [0.15, 0.2) is 0 Å². The van der Waals surface area contributed by atoms with Crippen molar-refractivity contribution in [3.8, 4) is 0 Å². The quantitative estimate of drug-likeness (QED) is 0.701. The number of rotatable bonds is 4. The summed E-state index contributed by atoms with van der Waals surface area (Å²) in [6.07, 6.45) is 2.23. The molecule has 2 saturated carbocycles. The second kappa shape index (κ2) is 4.37. The topological polar surface area (TPSA) is 87.7 Å². The van der Waals surface area contributed by atoms with Gasteiger partial charge in [-0.05, 0) is 46.5 Å². The molecule has 0 saturated heterocycles. The van der Waals surface area contributed by atoms with Crippen molar-refractivity contribution in [2.45, 2.75) is 63.1 Å². The van der Waals surface area contributed by atoms with E-state index >= 15 is 0 Å². The molecular weight excluding hydrogens is 248 g/mol. The van der Waals surface area contributed by atoms with E-state index in [4.69, 9.17) is 4.74 Å². The van der Waals surface area contributed by atoms with Gasteiger partial charge in [-0.1, -0.05) is 0 Å².